The molecule has 7 heteroatoms. The molecule has 0 radical (unpaired) electrons. The summed E-state index contributed by atoms with van der Waals surface area (Å²) in [4.78, 5) is 12.2. The summed E-state index contributed by atoms with van der Waals surface area (Å²) in [5, 5.41) is 1.01. The molecule has 0 amide bonds. The van der Waals surface area contributed by atoms with Crippen LogP contribution in [0.15, 0.2) is 54.6 Å². The van der Waals surface area contributed by atoms with Gasteiger partial charge in [0.05, 0.1) is 5.52 Å². The van der Waals surface area contributed by atoms with E-state index >= 15 is 0 Å². The fourth-order valence-electron chi connectivity index (χ4n) is 6.25. The predicted molar refractivity (Wildman–Crippen MR) is 167 cm³/mol. The first kappa shape index (κ1) is 32.7. The average molecular weight is 598 g/mol. The number of hydrogen-bond acceptors (Lipinski definition) is 3. The fraction of sp³-hybridized carbons (Fsp3) is 0.528. The molecule has 0 saturated heterocycles. The Bertz CT molecular complexity index is 1450. The summed E-state index contributed by atoms with van der Waals surface area (Å²) >= 11 is 0. The maximum absolute atomic E-state index is 14.5. The van der Waals surface area contributed by atoms with Crippen molar-refractivity contribution in [3.63, 3.8) is 0 Å². The Balaban J connectivity index is 1.71. The van der Waals surface area contributed by atoms with E-state index in [1.807, 2.05) is 12.1 Å². The molecule has 1 aliphatic rings. The lowest BCUT2D eigenvalue weighted by Crippen LogP contribution is -2.51. The van der Waals surface area contributed by atoms with Gasteiger partial charge in [-0.3, -0.25) is 0 Å². The normalized spacial score (nSPS) is 20.6. The number of rotatable bonds is 12. The minimum Gasteiger partial charge on any atom is -0.489 e. The summed E-state index contributed by atoms with van der Waals surface area (Å²) in [6.07, 6.45) is -1.44. The number of halogens is 3. The lowest BCUT2D eigenvalue weighted by atomic mass is 9.83. The van der Waals surface area contributed by atoms with Crippen LogP contribution in [0.25, 0.3) is 22.2 Å². The topological polar surface area (TPSA) is 40.5 Å². The minimum absolute atomic E-state index is 0.0596. The first-order chi connectivity index (χ1) is 20.3. The Labute approximate surface area is 254 Å². The number of unbranched alkanes of at least 4 members (excludes halogenated alkanes) is 2. The molecule has 4 rings (SSSR count). The van der Waals surface area contributed by atoms with E-state index in [0.717, 1.165) is 42.9 Å². The monoisotopic (exact) mass is 597 g/mol. The summed E-state index contributed by atoms with van der Waals surface area (Å²) in [5.74, 6) is -0.0945. The number of fused-ring (bicyclic) bond motifs is 1. The van der Waals surface area contributed by atoms with Gasteiger partial charge in [0.15, 0.2) is 0 Å². The highest BCUT2D eigenvalue weighted by Gasteiger charge is 2.66. The number of hydrogen-bond donors (Lipinski definition) is 0. The smallest absolute Gasteiger partial charge is 0.401 e. The number of esters is 1. The van der Waals surface area contributed by atoms with Gasteiger partial charge in [-0.05, 0) is 81.2 Å². The second kappa shape index (κ2) is 13.2. The zero-order valence-electron chi connectivity index (χ0n) is 26.4. The van der Waals surface area contributed by atoms with Crippen LogP contribution in [0, 0.1) is 11.3 Å². The van der Waals surface area contributed by atoms with E-state index < -0.39 is 29.8 Å². The van der Waals surface area contributed by atoms with Crippen molar-refractivity contribution in [2.45, 2.75) is 111 Å². The SMILES string of the molecule is C=C(C)C(=O)O[C@H]1CCC(Oc2ccc3cc(-c4ccc(CCCCC)cc4CC)n(CC(C)C)c3c2)C1(C)C(F)(F)F. The van der Waals surface area contributed by atoms with Gasteiger partial charge in [0, 0.05) is 34.8 Å². The number of carbonyl (C=O) groups is 1. The molecule has 0 spiro atoms. The molecular weight excluding hydrogens is 551 g/mol. The molecule has 1 aromatic heterocycles. The fourth-order valence-corrected chi connectivity index (χ4v) is 6.25. The van der Waals surface area contributed by atoms with Crippen LogP contribution < -0.4 is 4.74 Å². The third-order valence-electron chi connectivity index (χ3n) is 8.83. The van der Waals surface area contributed by atoms with Crippen LogP contribution in [-0.2, 0) is 28.9 Å². The maximum Gasteiger partial charge on any atom is 0.401 e. The largest absolute Gasteiger partial charge is 0.489 e. The van der Waals surface area contributed by atoms with Crippen LogP contribution in [-0.4, -0.2) is 28.9 Å². The predicted octanol–water partition coefficient (Wildman–Crippen LogP) is 9.86. The molecular formula is C36H46F3NO3. The van der Waals surface area contributed by atoms with Crippen LogP contribution in [0.3, 0.4) is 0 Å². The first-order valence-corrected chi connectivity index (χ1v) is 15.6. The Kier molecular flexibility index (Phi) is 10.0. The van der Waals surface area contributed by atoms with E-state index in [1.165, 1.54) is 42.9 Å². The average Bonchev–Trinajstić information content (AvgIpc) is 3.45. The van der Waals surface area contributed by atoms with Gasteiger partial charge in [0.2, 0.25) is 0 Å². The Hall–Kier alpha value is -3.22. The molecule has 1 saturated carbocycles. The molecule has 3 atom stereocenters. The number of benzene rings is 2. The van der Waals surface area contributed by atoms with Gasteiger partial charge in [0.1, 0.15) is 23.4 Å². The molecule has 1 fully saturated rings. The molecule has 0 bridgehead atoms. The molecule has 3 aromatic rings. The molecule has 2 aromatic carbocycles. The Morgan fingerprint density at radius 3 is 2.42 bits per heavy atom. The van der Waals surface area contributed by atoms with Crippen molar-refractivity contribution in [3.05, 3.63) is 65.7 Å². The molecule has 0 N–H and O–H groups in total. The number of aromatic nitrogens is 1. The van der Waals surface area contributed by atoms with Crippen molar-refractivity contribution in [3.8, 4) is 17.0 Å². The van der Waals surface area contributed by atoms with Crippen LogP contribution in [0.2, 0.25) is 0 Å². The standard InChI is InChI=1S/C36H46F3NO3/c1-8-10-11-12-25-13-16-29(26(9-2)19-25)31-20-27-14-15-28(21-30(27)40(31)22-23(3)4)42-32-17-18-33(43-34(41)24(5)6)35(32,7)36(37,38)39/h13-16,19-21,23,32-33H,5,8-12,17-18,22H2,1-4,6-7H3/t32?,33-,35?/m0/s1. The van der Waals surface area contributed by atoms with E-state index in [1.54, 1.807) is 6.07 Å². The highest BCUT2D eigenvalue weighted by molar-refractivity contribution is 5.89. The minimum atomic E-state index is -4.64. The molecule has 4 nitrogen and oxygen atoms in total. The van der Waals surface area contributed by atoms with Crippen molar-refractivity contribution >= 4 is 16.9 Å². The molecule has 234 valence electrons. The van der Waals surface area contributed by atoms with Gasteiger partial charge in [-0.25, -0.2) is 4.79 Å². The maximum atomic E-state index is 14.5. The number of carbonyl (C=O) groups excluding carboxylic acids is 1. The van der Waals surface area contributed by atoms with Crippen LogP contribution in [0.5, 0.6) is 5.75 Å². The zero-order valence-corrected chi connectivity index (χ0v) is 26.4. The highest BCUT2D eigenvalue weighted by Crippen LogP contribution is 2.53. The summed E-state index contributed by atoms with van der Waals surface area (Å²) in [5.41, 5.74) is 3.57. The first-order valence-electron chi connectivity index (χ1n) is 15.6. The van der Waals surface area contributed by atoms with Crippen molar-refractivity contribution in [2.75, 3.05) is 0 Å². The zero-order chi connectivity index (χ0) is 31.5. The van der Waals surface area contributed by atoms with Crippen molar-refractivity contribution in [1.29, 1.82) is 0 Å². The van der Waals surface area contributed by atoms with Gasteiger partial charge in [-0.1, -0.05) is 65.3 Å². The number of ether oxygens (including phenoxy) is 2. The summed E-state index contributed by atoms with van der Waals surface area (Å²) in [7, 11) is 0. The van der Waals surface area contributed by atoms with E-state index in [4.69, 9.17) is 9.47 Å². The second-order valence-corrected chi connectivity index (χ2v) is 12.7. The van der Waals surface area contributed by atoms with Gasteiger partial charge >= 0.3 is 12.1 Å². The highest BCUT2D eigenvalue weighted by atomic mass is 19.4. The number of alkyl halides is 3. The molecule has 43 heavy (non-hydrogen) atoms. The number of aryl methyl sites for hydroxylation is 2. The molecule has 0 aliphatic heterocycles. The van der Waals surface area contributed by atoms with Crippen LogP contribution in [0.4, 0.5) is 13.2 Å². The van der Waals surface area contributed by atoms with Crippen molar-refractivity contribution in [1.82, 2.24) is 4.57 Å². The van der Waals surface area contributed by atoms with Crippen molar-refractivity contribution in [2.24, 2.45) is 11.3 Å². The third-order valence-corrected chi connectivity index (χ3v) is 8.83. The van der Waals surface area contributed by atoms with E-state index in [9.17, 15) is 18.0 Å². The number of nitrogens with zero attached hydrogens (tertiary/aromatic N) is 1. The van der Waals surface area contributed by atoms with E-state index in [2.05, 4.69) is 63.1 Å². The third kappa shape index (κ3) is 6.81. The van der Waals surface area contributed by atoms with Crippen LogP contribution >= 0.6 is 0 Å². The van der Waals surface area contributed by atoms with Gasteiger partial charge in [-0.2, -0.15) is 13.2 Å². The summed E-state index contributed by atoms with van der Waals surface area (Å²) in [6, 6.07) is 14.5. The Morgan fingerprint density at radius 2 is 1.79 bits per heavy atom. The molecule has 2 unspecified atom stereocenters. The lowest BCUT2D eigenvalue weighted by molar-refractivity contribution is -0.262. The second-order valence-electron chi connectivity index (χ2n) is 12.7. The van der Waals surface area contributed by atoms with Gasteiger partial charge in [-0.15, -0.1) is 0 Å². The van der Waals surface area contributed by atoms with Crippen molar-refractivity contribution < 1.29 is 27.4 Å². The summed E-state index contributed by atoms with van der Waals surface area (Å²) < 4.78 is 57.3. The molecule has 1 heterocycles. The van der Waals surface area contributed by atoms with Crippen LogP contribution in [0.1, 0.15) is 84.8 Å². The van der Waals surface area contributed by atoms with E-state index in [-0.39, 0.29) is 18.4 Å². The quantitative estimate of drug-likeness (QED) is 0.119. The lowest BCUT2D eigenvalue weighted by Gasteiger charge is -2.37. The van der Waals surface area contributed by atoms with Gasteiger partial charge < -0.3 is 14.0 Å². The van der Waals surface area contributed by atoms with Gasteiger partial charge in [0.25, 0.3) is 0 Å². The summed E-state index contributed by atoms with van der Waals surface area (Å²) in [6.45, 7) is 15.5. The molecule has 1 aliphatic carbocycles. The van der Waals surface area contributed by atoms with E-state index in [0.29, 0.717) is 11.7 Å². The Morgan fingerprint density at radius 1 is 1.07 bits per heavy atom.